The Morgan fingerprint density at radius 3 is 2.31 bits per heavy atom. The lowest BCUT2D eigenvalue weighted by molar-refractivity contribution is -0.118. The molecular weight excluding hydrogens is 324 g/mol. The van der Waals surface area contributed by atoms with Crippen LogP contribution in [0.1, 0.15) is 33.6 Å². The fraction of sp³-hybridized carbons (Fsp3) is 0.429. The van der Waals surface area contributed by atoms with Gasteiger partial charge in [-0.2, -0.15) is 0 Å². The van der Waals surface area contributed by atoms with Gasteiger partial charge in [0.2, 0.25) is 5.91 Å². The second kappa shape index (κ2) is 8.21. The number of nitrogens with zero attached hydrogens (tertiary/aromatic N) is 2. The second-order valence-electron chi connectivity index (χ2n) is 7.42. The maximum Gasteiger partial charge on any atom is 0.226 e. The number of hydrogen-bond donors (Lipinski definition) is 2. The van der Waals surface area contributed by atoms with E-state index in [1.807, 2.05) is 26.0 Å². The van der Waals surface area contributed by atoms with Gasteiger partial charge in [-0.25, -0.2) is 4.98 Å². The minimum atomic E-state index is -0.0468. The first-order valence-corrected chi connectivity index (χ1v) is 9.40. The van der Waals surface area contributed by atoms with Gasteiger partial charge in [0.15, 0.2) is 0 Å². The van der Waals surface area contributed by atoms with Gasteiger partial charge < -0.3 is 15.5 Å². The van der Waals surface area contributed by atoms with Crippen LogP contribution in [0.15, 0.2) is 42.6 Å². The molecule has 5 heteroatoms. The molecule has 1 aliphatic heterocycles. The van der Waals surface area contributed by atoms with Gasteiger partial charge >= 0.3 is 0 Å². The third kappa shape index (κ3) is 4.75. The number of rotatable bonds is 5. The summed E-state index contributed by atoms with van der Waals surface area (Å²) in [6.45, 7) is 8.34. The Hall–Kier alpha value is -2.56. The Balaban J connectivity index is 1.58. The molecule has 0 radical (unpaired) electrons. The van der Waals surface area contributed by atoms with E-state index in [-0.39, 0.29) is 11.8 Å². The molecule has 1 amide bonds. The van der Waals surface area contributed by atoms with Crippen molar-refractivity contribution in [3.63, 3.8) is 0 Å². The van der Waals surface area contributed by atoms with E-state index in [1.54, 1.807) is 6.20 Å². The van der Waals surface area contributed by atoms with Crippen LogP contribution in [-0.2, 0) is 4.79 Å². The van der Waals surface area contributed by atoms with Crippen molar-refractivity contribution in [2.75, 3.05) is 28.6 Å². The number of nitrogens with one attached hydrogen (secondary N) is 2. The zero-order valence-electron chi connectivity index (χ0n) is 15.8. The summed E-state index contributed by atoms with van der Waals surface area (Å²) in [5.41, 5.74) is 3.00. The molecule has 0 atom stereocenters. The first-order chi connectivity index (χ1) is 12.5. The van der Waals surface area contributed by atoms with Crippen molar-refractivity contribution in [3.05, 3.63) is 42.6 Å². The third-order valence-electron chi connectivity index (χ3n) is 4.84. The lowest BCUT2D eigenvalue weighted by Gasteiger charge is -2.32. The Morgan fingerprint density at radius 1 is 1.08 bits per heavy atom. The van der Waals surface area contributed by atoms with Gasteiger partial charge in [0.05, 0.1) is 11.9 Å². The summed E-state index contributed by atoms with van der Waals surface area (Å²) < 4.78 is 0. The summed E-state index contributed by atoms with van der Waals surface area (Å²) in [5, 5.41) is 6.15. The average molecular weight is 352 g/mol. The Morgan fingerprint density at radius 2 is 1.73 bits per heavy atom. The molecule has 2 N–H and O–H groups in total. The Kier molecular flexibility index (Phi) is 5.76. The van der Waals surface area contributed by atoms with Crippen LogP contribution in [0.4, 0.5) is 22.9 Å². The zero-order chi connectivity index (χ0) is 18.5. The quantitative estimate of drug-likeness (QED) is 0.822. The normalized spacial score (nSPS) is 15.2. The summed E-state index contributed by atoms with van der Waals surface area (Å²) in [7, 11) is 0. The summed E-state index contributed by atoms with van der Waals surface area (Å²) in [5.74, 6) is 1.54. The highest BCUT2D eigenvalue weighted by molar-refractivity contribution is 5.91. The number of piperidine rings is 1. The standard InChI is InChI=1S/C21H28N4O/c1-15(2)21(26)24-18-6-9-20(22-14-18)23-17-4-7-19(8-5-17)25-12-10-16(3)11-13-25/h4-9,14-16H,10-13H2,1-3H3,(H,22,23)(H,24,26). The van der Waals surface area contributed by atoms with E-state index >= 15 is 0 Å². The smallest absolute Gasteiger partial charge is 0.226 e. The number of hydrogen-bond acceptors (Lipinski definition) is 4. The Labute approximate surface area is 155 Å². The number of amides is 1. The molecule has 0 saturated carbocycles. The molecule has 26 heavy (non-hydrogen) atoms. The molecule has 1 saturated heterocycles. The van der Waals surface area contributed by atoms with Crippen molar-refractivity contribution < 1.29 is 4.79 Å². The van der Waals surface area contributed by atoms with Gasteiger partial charge in [0, 0.05) is 30.4 Å². The number of pyridine rings is 1. The average Bonchev–Trinajstić information content (AvgIpc) is 2.64. The first kappa shape index (κ1) is 18.2. The predicted molar refractivity (Wildman–Crippen MR) is 108 cm³/mol. The topological polar surface area (TPSA) is 57.3 Å². The zero-order valence-corrected chi connectivity index (χ0v) is 15.8. The molecule has 3 rings (SSSR count). The van der Waals surface area contributed by atoms with Gasteiger partial charge in [0.1, 0.15) is 5.82 Å². The molecular formula is C21H28N4O. The third-order valence-corrected chi connectivity index (χ3v) is 4.84. The van der Waals surface area contributed by atoms with Crippen LogP contribution in [0, 0.1) is 11.8 Å². The van der Waals surface area contributed by atoms with Crippen molar-refractivity contribution in [2.24, 2.45) is 11.8 Å². The van der Waals surface area contributed by atoms with Crippen LogP contribution in [0.3, 0.4) is 0 Å². The molecule has 1 aliphatic rings. The van der Waals surface area contributed by atoms with E-state index in [0.717, 1.165) is 30.5 Å². The lowest BCUT2D eigenvalue weighted by atomic mass is 9.99. The fourth-order valence-electron chi connectivity index (χ4n) is 3.00. The van der Waals surface area contributed by atoms with Crippen molar-refractivity contribution in [1.82, 2.24) is 4.98 Å². The maximum absolute atomic E-state index is 11.7. The number of carbonyl (C=O) groups excluding carboxylic acids is 1. The first-order valence-electron chi connectivity index (χ1n) is 9.40. The minimum absolute atomic E-state index is 0.00444. The van der Waals surface area contributed by atoms with Gasteiger partial charge in [-0.3, -0.25) is 4.79 Å². The second-order valence-corrected chi connectivity index (χ2v) is 7.42. The van der Waals surface area contributed by atoms with Crippen LogP contribution in [0.2, 0.25) is 0 Å². The fourth-order valence-corrected chi connectivity index (χ4v) is 3.00. The molecule has 1 aromatic carbocycles. The molecule has 2 heterocycles. The molecule has 0 spiro atoms. The Bertz CT molecular complexity index is 717. The van der Waals surface area contributed by atoms with Gasteiger partial charge in [-0.1, -0.05) is 20.8 Å². The monoisotopic (exact) mass is 352 g/mol. The lowest BCUT2D eigenvalue weighted by Crippen LogP contribution is -2.32. The molecule has 0 aliphatic carbocycles. The highest BCUT2D eigenvalue weighted by Crippen LogP contribution is 2.25. The number of carbonyl (C=O) groups is 1. The van der Waals surface area contributed by atoms with Crippen LogP contribution in [0.5, 0.6) is 0 Å². The van der Waals surface area contributed by atoms with Crippen LogP contribution in [0.25, 0.3) is 0 Å². The molecule has 138 valence electrons. The van der Waals surface area contributed by atoms with Crippen molar-refractivity contribution in [2.45, 2.75) is 33.6 Å². The summed E-state index contributed by atoms with van der Waals surface area (Å²) in [6, 6.07) is 12.2. The van der Waals surface area contributed by atoms with E-state index in [0.29, 0.717) is 5.69 Å². The van der Waals surface area contributed by atoms with E-state index in [2.05, 4.69) is 51.7 Å². The van der Waals surface area contributed by atoms with Gasteiger partial charge in [-0.15, -0.1) is 0 Å². The molecule has 1 fully saturated rings. The molecule has 5 nitrogen and oxygen atoms in total. The molecule has 1 aromatic heterocycles. The molecule has 0 unspecified atom stereocenters. The SMILES string of the molecule is CC1CCN(c2ccc(Nc3ccc(NC(=O)C(C)C)cn3)cc2)CC1. The number of aromatic nitrogens is 1. The van der Waals surface area contributed by atoms with E-state index < -0.39 is 0 Å². The minimum Gasteiger partial charge on any atom is -0.372 e. The maximum atomic E-state index is 11.7. The van der Waals surface area contributed by atoms with Gasteiger partial charge in [0.25, 0.3) is 0 Å². The summed E-state index contributed by atoms with van der Waals surface area (Å²) in [4.78, 5) is 18.5. The molecule has 0 bridgehead atoms. The highest BCUT2D eigenvalue weighted by Gasteiger charge is 2.15. The van der Waals surface area contributed by atoms with Gasteiger partial charge in [-0.05, 0) is 55.2 Å². The largest absolute Gasteiger partial charge is 0.372 e. The van der Waals surface area contributed by atoms with Crippen molar-refractivity contribution in [1.29, 1.82) is 0 Å². The van der Waals surface area contributed by atoms with Crippen LogP contribution >= 0.6 is 0 Å². The van der Waals surface area contributed by atoms with Crippen LogP contribution in [-0.4, -0.2) is 24.0 Å². The van der Waals surface area contributed by atoms with E-state index in [9.17, 15) is 4.79 Å². The van der Waals surface area contributed by atoms with Crippen LogP contribution < -0.4 is 15.5 Å². The van der Waals surface area contributed by atoms with E-state index in [1.165, 1.54) is 18.5 Å². The van der Waals surface area contributed by atoms with E-state index in [4.69, 9.17) is 0 Å². The van der Waals surface area contributed by atoms with Crippen molar-refractivity contribution >= 4 is 28.8 Å². The summed E-state index contributed by atoms with van der Waals surface area (Å²) in [6.07, 6.45) is 4.21. The highest BCUT2D eigenvalue weighted by atomic mass is 16.1. The predicted octanol–water partition coefficient (Wildman–Crippen LogP) is 4.66. The molecule has 2 aromatic rings. The number of anilines is 4. The summed E-state index contributed by atoms with van der Waals surface area (Å²) >= 11 is 0. The number of benzene rings is 1. The van der Waals surface area contributed by atoms with Crippen molar-refractivity contribution in [3.8, 4) is 0 Å².